The van der Waals surface area contributed by atoms with Crippen molar-refractivity contribution in [3.8, 4) is 11.5 Å². The van der Waals surface area contributed by atoms with Crippen LogP contribution in [0.3, 0.4) is 0 Å². The van der Waals surface area contributed by atoms with Gasteiger partial charge in [-0.2, -0.15) is 0 Å². The zero-order valence-corrected chi connectivity index (χ0v) is 15.7. The third-order valence-electron chi connectivity index (χ3n) is 4.92. The first-order chi connectivity index (χ1) is 12.7. The minimum Gasteiger partial charge on any atom is -0.444 e. The Morgan fingerprint density at radius 1 is 1.23 bits per heavy atom. The topological polar surface area (TPSA) is 65.7 Å². The van der Waals surface area contributed by atoms with E-state index in [4.69, 9.17) is 4.42 Å². The Morgan fingerprint density at radius 3 is 2.73 bits per heavy atom. The number of likely N-dealkylation sites (tertiary alicyclic amines) is 1. The molecule has 1 aliphatic heterocycles. The average molecular weight is 355 g/mol. The van der Waals surface area contributed by atoms with Crippen molar-refractivity contribution in [1.29, 1.82) is 0 Å². The second-order valence-electron chi connectivity index (χ2n) is 6.90. The Morgan fingerprint density at radius 2 is 2.00 bits per heavy atom. The third kappa shape index (κ3) is 5.33. The van der Waals surface area contributed by atoms with E-state index in [-0.39, 0.29) is 0 Å². The number of guanidine groups is 1. The molecule has 26 heavy (non-hydrogen) atoms. The third-order valence-corrected chi connectivity index (χ3v) is 4.92. The molecule has 0 aliphatic carbocycles. The molecule has 2 aromatic rings. The molecule has 1 fully saturated rings. The molecule has 2 heterocycles. The normalized spacial score (nSPS) is 16.6. The van der Waals surface area contributed by atoms with Crippen LogP contribution in [0.4, 0.5) is 0 Å². The number of aliphatic imine (C=N–C) groups is 1. The first-order valence-electron chi connectivity index (χ1n) is 9.37. The molecule has 0 radical (unpaired) electrons. The maximum Gasteiger partial charge on any atom is 0.226 e. The van der Waals surface area contributed by atoms with Gasteiger partial charge in [0.05, 0.1) is 12.2 Å². The van der Waals surface area contributed by atoms with Gasteiger partial charge in [-0.15, -0.1) is 0 Å². The van der Waals surface area contributed by atoms with Crippen molar-refractivity contribution in [3.63, 3.8) is 0 Å². The van der Waals surface area contributed by atoms with Crippen LogP contribution in [0.2, 0.25) is 0 Å². The quantitative estimate of drug-likeness (QED) is 0.616. The van der Waals surface area contributed by atoms with Gasteiger partial charge in [0.1, 0.15) is 6.26 Å². The molecule has 1 aliphatic rings. The van der Waals surface area contributed by atoms with Crippen molar-refractivity contribution in [1.82, 2.24) is 20.5 Å². The van der Waals surface area contributed by atoms with E-state index in [0.29, 0.717) is 12.4 Å². The van der Waals surface area contributed by atoms with Crippen LogP contribution in [0.5, 0.6) is 0 Å². The van der Waals surface area contributed by atoms with E-state index in [0.717, 1.165) is 29.7 Å². The first kappa shape index (κ1) is 18.5. The SMILES string of the molecule is CN=C(NCCC1CCN(C)CC1)NCc1coc(-c2ccccc2)n1. The lowest BCUT2D eigenvalue weighted by molar-refractivity contribution is 0.213. The molecule has 0 spiro atoms. The van der Waals surface area contributed by atoms with E-state index in [2.05, 4.69) is 32.6 Å². The van der Waals surface area contributed by atoms with Gasteiger partial charge in [-0.25, -0.2) is 4.98 Å². The van der Waals surface area contributed by atoms with Gasteiger partial charge < -0.3 is 20.0 Å². The molecule has 0 saturated carbocycles. The number of hydrogen-bond donors (Lipinski definition) is 2. The van der Waals surface area contributed by atoms with Crippen molar-refractivity contribution in [3.05, 3.63) is 42.3 Å². The number of hydrogen-bond acceptors (Lipinski definition) is 4. The predicted octanol–water partition coefficient (Wildman–Crippen LogP) is 2.74. The molecule has 0 atom stereocenters. The van der Waals surface area contributed by atoms with Crippen molar-refractivity contribution >= 4 is 5.96 Å². The van der Waals surface area contributed by atoms with Gasteiger partial charge in [-0.1, -0.05) is 18.2 Å². The molecule has 1 saturated heterocycles. The Labute approximate surface area is 155 Å². The minimum absolute atomic E-state index is 0.588. The highest BCUT2D eigenvalue weighted by Gasteiger charge is 2.16. The fourth-order valence-corrected chi connectivity index (χ4v) is 3.24. The number of nitrogens with zero attached hydrogens (tertiary/aromatic N) is 3. The summed E-state index contributed by atoms with van der Waals surface area (Å²) >= 11 is 0. The van der Waals surface area contributed by atoms with E-state index in [1.54, 1.807) is 13.3 Å². The molecule has 6 nitrogen and oxygen atoms in total. The summed E-state index contributed by atoms with van der Waals surface area (Å²) in [7, 11) is 4.00. The highest BCUT2D eigenvalue weighted by Crippen LogP contribution is 2.19. The second kappa shape index (κ2) is 9.38. The van der Waals surface area contributed by atoms with E-state index < -0.39 is 0 Å². The van der Waals surface area contributed by atoms with Gasteiger partial charge in [0.15, 0.2) is 5.96 Å². The molecule has 6 heteroatoms. The largest absolute Gasteiger partial charge is 0.444 e. The molecule has 0 bridgehead atoms. The molecule has 0 amide bonds. The summed E-state index contributed by atoms with van der Waals surface area (Å²) in [5, 5.41) is 6.71. The van der Waals surface area contributed by atoms with E-state index >= 15 is 0 Å². The predicted molar refractivity (Wildman–Crippen MR) is 105 cm³/mol. The van der Waals surface area contributed by atoms with E-state index in [1.165, 1.54) is 32.4 Å². The van der Waals surface area contributed by atoms with Gasteiger partial charge >= 0.3 is 0 Å². The van der Waals surface area contributed by atoms with Crippen molar-refractivity contribution in [2.24, 2.45) is 10.9 Å². The summed E-state index contributed by atoms with van der Waals surface area (Å²) in [6.45, 7) is 3.97. The molecule has 0 unspecified atom stereocenters. The average Bonchev–Trinajstić information content (AvgIpc) is 3.16. The maximum atomic E-state index is 5.57. The summed E-state index contributed by atoms with van der Waals surface area (Å²) < 4.78 is 5.57. The van der Waals surface area contributed by atoms with Gasteiger partial charge in [0.25, 0.3) is 0 Å². The van der Waals surface area contributed by atoms with Crippen LogP contribution < -0.4 is 10.6 Å². The summed E-state index contributed by atoms with van der Waals surface area (Å²) in [4.78, 5) is 11.2. The van der Waals surface area contributed by atoms with Crippen LogP contribution in [0.15, 0.2) is 46.0 Å². The van der Waals surface area contributed by atoms with Crippen LogP contribution in [0.1, 0.15) is 25.0 Å². The number of oxazole rings is 1. The second-order valence-corrected chi connectivity index (χ2v) is 6.90. The Hall–Kier alpha value is -2.34. The standard InChI is InChI=1S/C20H29N5O/c1-21-20(22-11-8-16-9-12-25(2)13-10-16)23-14-18-15-26-19(24-18)17-6-4-3-5-7-17/h3-7,15-16H,8-14H2,1-2H3,(H2,21,22,23). The summed E-state index contributed by atoms with van der Waals surface area (Å²) in [6.07, 6.45) is 5.48. The zero-order valence-electron chi connectivity index (χ0n) is 15.7. The Kier molecular flexibility index (Phi) is 6.66. The number of benzene rings is 1. The molecular formula is C20H29N5O. The fourth-order valence-electron chi connectivity index (χ4n) is 3.24. The zero-order chi connectivity index (χ0) is 18.2. The molecule has 1 aromatic heterocycles. The van der Waals surface area contributed by atoms with Crippen LogP contribution in [-0.4, -0.2) is 49.6 Å². The molecule has 2 N–H and O–H groups in total. The summed E-state index contributed by atoms with van der Waals surface area (Å²) in [6, 6.07) is 9.93. The lowest BCUT2D eigenvalue weighted by Gasteiger charge is -2.29. The number of piperidine rings is 1. The van der Waals surface area contributed by atoms with Gasteiger partial charge in [0, 0.05) is 19.2 Å². The lowest BCUT2D eigenvalue weighted by Crippen LogP contribution is -2.38. The van der Waals surface area contributed by atoms with Crippen molar-refractivity contribution in [2.45, 2.75) is 25.8 Å². The monoisotopic (exact) mass is 355 g/mol. The molecular weight excluding hydrogens is 326 g/mol. The maximum absolute atomic E-state index is 5.57. The number of nitrogens with one attached hydrogen (secondary N) is 2. The summed E-state index contributed by atoms with van der Waals surface area (Å²) in [5.74, 6) is 2.27. The van der Waals surface area contributed by atoms with Crippen LogP contribution >= 0.6 is 0 Å². The van der Waals surface area contributed by atoms with Crippen LogP contribution in [-0.2, 0) is 6.54 Å². The Bertz CT molecular complexity index is 689. The highest BCUT2D eigenvalue weighted by molar-refractivity contribution is 5.79. The van der Waals surface area contributed by atoms with E-state index in [9.17, 15) is 0 Å². The van der Waals surface area contributed by atoms with Gasteiger partial charge in [0.2, 0.25) is 5.89 Å². The number of rotatable bonds is 6. The fraction of sp³-hybridized carbons (Fsp3) is 0.500. The first-order valence-corrected chi connectivity index (χ1v) is 9.37. The van der Waals surface area contributed by atoms with Gasteiger partial charge in [-0.3, -0.25) is 4.99 Å². The van der Waals surface area contributed by atoms with Gasteiger partial charge in [-0.05, 0) is 57.5 Å². The van der Waals surface area contributed by atoms with E-state index in [1.807, 2.05) is 30.3 Å². The lowest BCUT2D eigenvalue weighted by atomic mass is 9.94. The van der Waals surface area contributed by atoms with Crippen LogP contribution in [0, 0.1) is 5.92 Å². The highest BCUT2D eigenvalue weighted by atomic mass is 16.3. The van der Waals surface area contributed by atoms with Crippen molar-refractivity contribution < 1.29 is 4.42 Å². The summed E-state index contributed by atoms with van der Waals surface area (Å²) in [5.41, 5.74) is 1.85. The Balaban J connectivity index is 1.41. The molecule has 3 rings (SSSR count). The minimum atomic E-state index is 0.588. The van der Waals surface area contributed by atoms with Crippen LogP contribution in [0.25, 0.3) is 11.5 Å². The van der Waals surface area contributed by atoms with Crippen molar-refractivity contribution in [2.75, 3.05) is 33.7 Å². The smallest absolute Gasteiger partial charge is 0.226 e. The molecule has 140 valence electrons. The number of aromatic nitrogens is 1. The molecule has 1 aromatic carbocycles.